The number of benzene rings is 3. The Morgan fingerprint density at radius 3 is 2.67 bits per heavy atom. The first-order chi connectivity index (χ1) is 13.1. The van der Waals surface area contributed by atoms with Crippen LogP contribution in [0.5, 0.6) is 5.75 Å². The average molecular weight is 362 g/mol. The number of ether oxygens (including phenoxy) is 1. The molecule has 0 fully saturated rings. The van der Waals surface area contributed by atoms with Gasteiger partial charge >= 0.3 is 0 Å². The fraction of sp³-hybridized carbons (Fsp3) is 0.136. The molecule has 0 bridgehead atoms. The predicted octanol–water partition coefficient (Wildman–Crippen LogP) is 4.57. The van der Waals surface area contributed by atoms with E-state index < -0.39 is 0 Å². The van der Waals surface area contributed by atoms with Gasteiger partial charge in [-0.05, 0) is 42.3 Å². The zero-order valence-electron chi connectivity index (χ0n) is 14.8. The molecular weight excluding hydrogens is 343 g/mol. The summed E-state index contributed by atoms with van der Waals surface area (Å²) >= 11 is 0. The molecule has 0 saturated heterocycles. The molecule has 0 unspecified atom stereocenters. The lowest BCUT2D eigenvalue weighted by molar-refractivity contribution is 0.0935. The summed E-state index contributed by atoms with van der Waals surface area (Å²) < 4.78 is 19.5. The second-order valence-electron chi connectivity index (χ2n) is 6.50. The van der Waals surface area contributed by atoms with Crippen molar-refractivity contribution in [3.63, 3.8) is 0 Å². The van der Waals surface area contributed by atoms with Crippen LogP contribution in [0.1, 0.15) is 33.2 Å². The van der Waals surface area contributed by atoms with Crippen LogP contribution in [0.15, 0.2) is 66.7 Å². The number of hydrogen-bond donors (Lipinski definition) is 2. The number of para-hydroxylation sites is 1. The van der Waals surface area contributed by atoms with Crippen LogP contribution in [0.2, 0.25) is 0 Å². The number of aryl methyl sites for hydroxylation is 1. The fourth-order valence-corrected chi connectivity index (χ4v) is 3.16. The number of carbonyl (C=O) groups excluding carboxylic acids is 1. The van der Waals surface area contributed by atoms with Crippen molar-refractivity contribution in [1.29, 1.82) is 0 Å². The van der Waals surface area contributed by atoms with Crippen molar-refractivity contribution in [3.05, 3.63) is 94.8 Å². The Kier molecular flexibility index (Phi) is 4.50. The molecule has 2 N–H and O–H groups in total. The van der Waals surface area contributed by atoms with Crippen molar-refractivity contribution in [2.75, 3.05) is 5.32 Å². The van der Waals surface area contributed by atoms with Crippen molar-refractivity contribution in [2.24, 2.45) is 0 Å². The minimum Gasteiger partial charge on any atom is -0.489 e. The number of hydrogen-bond acceptors (Lipinski definition) is 3. The lowest BCUT2D eigenvalue weighted by Gasteiger charge is -2.29. The summed E-state index contributed by atoms with van der Waals surface area (Å²) in [7, 11) is 0. The zero-order chi connectivity index (χ0) is 18.8. The van der Waals surface area contributed by atoms with Crippen molar-refractivity contribution in [3.8, 4) is 5.75 Å². The van der Waals surface area contributed by atoms with Crippen LogP contribution in [0.4, 0.5) is 10.1 Å². The lowest BCUT2D eigenvalue weighted by Crippen LogP contribution is -2.38. The third-order valence-corrected chi connectivity index (χ3v) is 4.63. The predicted molar refractivity (Wildman–Crippen MR) is 102 cm³/mol. The van der Waals surface area contributed by atoms with Crippen LogP contribution < -0.4 is 15.4 Å². The molecule has 1 amide bonds. The molecule has 0 saturated carbocycles. The second-order valence-corrected chi connectivity index (χ2v) is 6.50. The molecule has 1 atom stereocenters. The standard InChI is InChI=1S/C22H19FN2O2/c1-14-6-4-10-18-20(14)24-21(25-22(18)26)15-8-5-9-17(12-15)27-13-16-7-2-3-11-19(16)23/h2-12,21,24H,13H2,1H3,(H,25,26)/t21-/m1/s1. The summed E-state index contributed by atoms with van der Waals surface area (Å²) in [4.78, 5) is 12.4. The molecule has 0 spiro atoms. The summed E-state index contributed by atoms with van der Waals surface area (Å²) in [6.07, 6.45) is -0.358. The minimum absolute atomic E-state index is 0.116. The third kappa shape index (κ3) is 3.49. The second kappa shape index (κ2) is 7.11. The van der Waals surface area contributed by atoms with Crippen LogP contribution in [0.25, 0.3) is 0 Å². The Hall–Kier alpha value is -3.34. The van der Waals surface area contributed by atoms with Gasteiger partial charge in [-0.25, -0.2) is 4.39 Å². The first-order valence-electron chi connectivity index (χ1n) is 8.75. The Balaban J connectivity index is 1.54. The van der Waals surface area contributed by atoms with Gasteiger partial charge in [-0.15, -0.1) is 0 Å². The highest BCUT2D eigenvalue weighted by Crippen LogP contribution is 2.30. The number of fused-ring (bicyclic) bond motifs is 1. The summed E-state index contributed by atoms with van der Waals surface area (Å²) in [5, 5.41) is 6.34. The summed E-state index contributed by atoms with van der Waals surface area (Å²) in [5.41, 5.74) is 3.85. The van der Waals surface area contributed by atoms with Crippen LogP contribution in [-0.4, -0.2) is 5.91 Å². The zero-order valence-corrected chi connectivity index (χ0v) is 14.8. The summed E-state index contributed by atoms with van der Waals surface area (Å²) in [6.45, 7) is 2.11. The Morgan fingerprint density at radius 2 is 1.81 bits per heavy atom. The van der Waals surface area contributed by atoms with Crippen LogP contribution in [-0.2, 0) is 6.61 Å². The molecular formula is C22H19FN2O2. The molecule has 4 rings (SSSR count). The smallest absolute Gasteiger partial charge is 0.255 e. The Morgan fingerprint density at radius 1 is 1.00 bits per heavy atom. The Bertz CT molecular complexity index is 1000. The van der Waals surface area contributed by atoms with E-state index in [9.17, 15) is 9.18 Å². The monoisotopic (exact) mass is 362 g/mol. The molecule has 136 valence electrons. The van der Waals surface area contributed by atoms with Crippen molar-refractivity contribution >= 4 is 11.6 Å². The van der Waals surface area contributed by atoms with E-state index in [1.807, 2.05) is 43.3 Å². The number of rotatable bonds is 4. The molecule has 4 nitrogen and oxygen atoms in total. The van der Waals surface area contributed by atoms with Gasteiger partial charge in [0.25, 0.3) is 5.91 Å². The van der Waals surface area contributed by atoms with Crippen molar-refractivity contribution in [2.45, 2.75) is 19.7 Å². The largest absolute Gasteiger partial charge is 0.489 e. The molecule has 1 heterocycles. The average Bonchev–Trinajstić information content (AvgIpc) is 2.68. The molecule has 0 radical (unpaired) electrons. The quantitative estimate of drug-likeness (QED) is 0.715. The van der Waals surface area contributed by atoms with Crippen molar-refractivity contribution in [1.82, 2.24) is 5.32 Å². The van der Waals surface area contributed by atoms with Gasteiger partial charge in [-0.2, -0.15) is 0 Å². The van der Waals surface area contributed by atoms with E-state index in [4.69, 9.17) is 4.74 Å². The molecule has 3 aromatic rings. The highest BCUT2D eigenvalue weighted by atomic mass is 19.1. The van der Waals surface area contributed by atoms with E-state index in [1.54, 1.807) is 24.3 Å². The van der Waals surface area contributed by atoms with E-state index in [-0.39, 0.29) is 24.5 Å². The van der Waals surface area contributed by atoms with E-state index in [0.29, 0.717) is 16.9 Å². The molecule has 0 aliphatic carbocycles. The molecule has 27 heavy (non-hydrogen) atoms. The highest BCUT2D eigenvalue weighted by Gasteiger charge is 2.25. The third-order valence-electron chi connectivity index (χ3n) is 4.63. The maximum atomic E-state index is 13.7. The van der Waals surface area contributed by atoms with Gasteiger partial charge in [0.05, 0.1) is 11.3 Å². The lowest BCUT2D eigenvalue weighted by atomic mass is 10.0. The van der Waals surface area contributed by atoms with Gasteiger partial charge in [-0.3, -0.25) is 4.79 Å². The molecule has 1 aliphatic rings. The topological polar surface area (TPSA) is 50.4 Å². The van der Waals surface area contributed by atoms with E-state index in [2.05, 4.69) is 10.6 Å². The van der Waals surface area contributed by atoms with Gasteiger partial charge in [0.15, 0.2) is 0 Å². The first-order valence-corrected chi connectivity index (χ1v) is 8.75. The SMILES string of the molecule is Cc1cccc2c1N[C@@H](c1cccc(OCc3ccccc3F)c1)NC2=O. The summed E-state index contributed by atoms with van der Waals surface area (Å²) in [5.74, 6) is 0.208. The van der Waals surface area contributed by atoms with Gasteiger partial charge in [0.1, 0.15) is 24.3 Å². The van der Waals surface area contributed by atoms with E-state index >= 15 is 0 Å². The van der Waals surface area contributed by atoms with Crippen LogP contribution in [0.3, 0.4) is 0 Å². The molecule has 0 aromatic heterocycles. The van der Waals surface area contributed by atoms with Gasteiger partial charge in [0.2, 0.25) is 0 Å². The molecule has 5 heteroatoms. The number of carbonyl (C=O) groups is 1. The Labute approximate surface area is 157 Å². The van der Waals surface area contributed by atoms with Gasteiger partial charge in [-0.1, -0.05) is 42.5 Å². The summed E-state index contributed by atoms with van der Waals surface area (Å²) in [6, 6.07) is 19.6. The number of nitrogens with one attached hydrogen (secondary N) is 2. The highest BCUT2D eigenvalue weighted by molar-refractivity contribution is 6.02. The van der Waals surface area contributed by atoms with E-state index in [0.717, 1.165) is 16.8 Å². The minimum atomic E-state index is -0.358. The number of amides is 1. The maximum absolute atomic E-state index is 13.7. The number of anilines is 1. The fourth-order valence-electron chi connectivity index (χ4n) is 3.16. The molecule has 3 aromatic carbocycles. The van der Waals surface area contributed by atoms with E-state index in [1.165, 1.54) is 6.07 Å². The maximum Gasteiger partial charge on any atom is 0.255 e. The van der Waals surface area contributed by atoms with Crippen LogP contribution >= 0.6 is 0 Å². The van der Waals surface area contributed by atoms with Gasteiger partial charge in [0, 0.05) is 5.56 Å². The normalized spacial score (nSPS) is 15.5. The van der Waals surface area contributed by atoms with Crippen molar-refractivity contribution < 1.29 is 13.9 Å². The first kappa shape index (κ1) is 17.1. The number of halogens is 1. The van der Waals surface area contributed by atoms with Gasteiger partial charge < -0.3 is 15.4 Å². The molecule has 1 aliphatic heterocycles. The van der Waals surface area contributed by atoms with Crippen LogP contribution in [0, 0.1) is 12.7 Å².